The highest BCUT2D eigenvalue weighted by Gasteiger charge is 2.25. The molecule has 0 aliphatic heterocycles. The number of nitrogens with two attached hydrogens (primary N) is 1. The molecule has 0 fully saturated rings. The van der Waals surface area contributed by atoms with Gasteiger partial charge in [-0.05, 0) is 33.7 Å². The number of hydrogen-bond acceptors (Lipinski definition) is 4. The van der Waals surface area contributed by atoms with E-state index in [1.807, 2.05) is 27.0 Å². The predicted octanol–water partition coefficient (Wildman–Crippen LogP) is 2.39. The standard InChI is InChI=1S/C11H19N3OS.2ClH/c1-8-7-13-10(16-8)11(2,3)14-9(15)5-4-6-12;;/h7H,4-6,12H2,1-3H3,(H,14,15);2*1H. The summed E-state index contributed by atoms with van der Waals surface area (Å²) in [5, 5.41) is 3.91. The molecular formula is C11H21Cl2N3OS. The minimum atomic E-state index is -0.398. The van der Waals surface area contributed by atoms with Crippen LogP contribution in [0.4, 0.5) is 0 Å². The van der Waals surface area contributed by atoms with Crippen LogP contribution in [0.2, 0.25) is 0 Å². The molecule has 1 aromatic rings. The van der Waals surface area contributed by atoms with Crippen LogP contribution in [0.15, 0.2) is 6.20 Å². The van der Waals surface area contributed by atoms with E-state index in [9.17, 15) is 4.79 Å². The van der Waals surface area contributed by atoms with E-state index in [4.69, 9.17) is 5.73 Å². The Kier molecular flexibility index (Phi) is 9.64. The fourth-order valence-electron chi connectivity index (χ4n) is 1.37. The normalized spacial score (nSPS) is 10.2. The summed E-state index contributed by atoms with van der Waals surface area (Å²) in [6.45, 7) is 6.48. The molecule has 0 saturated heterocycles. The summed E-state index contributed by atoms with van der Waals surface area (Å²) in [6.07, 6.45) is 3.02. The van der Waals surface area contributed by atoms with Gasteiger partial charge in [0.1, 0.15) is 5.01 Å². The molecule has 7 heteroatoms. The highest BCUT2D eigenvalue weighted by Crippen LogP contribution is 2.24. The van der Waals surface area contributed by atoms with E-state index in [2.05, 4.69) is 10.3 Å². The molecule has 0 atom stereocenters. The first-order chi connectivity index (χ1) is 7.45. The molecule has 0 saturated carbocycles. The van der Waals surface area contributed by atoms with Crippen molar-refractivity contribution in [3.63, 3.8) is 0 Å². The highest BCUT2D eigenvalue weighted by atomic mass is 35.5. The molecule has 106 valence electrons. The summed E-state index contributed by atoms with van der Waals surface area (Å²) in [4.78, 5) is 17.1. The van der Waals surface area contributed by atoms with Crippen molar-refractivity contribution in [3.05, 3.63) is 16.1 Å². The molecule has 0 aliphatic rings. The van der Waals surface area contributed by atoms with Gasteiger partial charge in [-0.3, -0.25) is 4.79 Å². The lowest BCUT2D eigenvalue weighted by molar-refractivity contribution is -0.122. The summed E-state index contributed by atoms with van der Waals surface area (Å²) in [7, 11) is 0. The minimum Gasteiger partial charge on any atom is -0.345 e. The summed E-state index contributed by atoms with van der Waals surface area (Å²) in [5.74, 6) is 0.0308. The van der Waals surface area contributed by atoms with Gasteiger partial charge in [0.05, 0.1) is 5.54 Å². The Labute approximate surface area is 125 Å². The minimum absolute atomic E-state index is 0. The van der Waals surface area contributed by atoms with Gasteiger partial charge >= 0.3 is 0 Å². The molecule has 18 heavy (non-hydrogen) atoms. The van der Waals surface area contributed by atoms with E-state index in [1.165, 1.54) is 0 Å². The fraction of sp³-hybridized carbons (Fsp3) is 0.636. The van der Waals surface area contributed by atoms with Crippen molar-refractivity contribution in [2.24, 2.45) is 5.73 Å². The number of halogens is 2. The molecule has 0 aliphatic carbocycles. The average molecular weight is 314 g/mol. The van der Waals surface area contributed by atoms with Crippen molar-refractivity contribution in [2.45, 2.75) is 39.2 Å². The molecule has 0 radical (unpaired) electrons. The first-order valence-electron chi connectivity index (χ1n) is 5.39. The fourth-order valence-corrected chi connectivity index (χ4v) is 2.19. The van der Waals surface area contributed by atoms with Crippen LogP contribution in [0.1, 0.15) is 36.6 Å². The van der Waals surface area contributed by atoms with E-state index in [1.54, 1.807) is 11.3 Å². The lowest BCUT2D eigenvalue weighted by atomic mass is 10.1. The van der Waals surface area contributed by atoms with Gasteiger partial charge in [0.15, 0.2) is 0 Å². The zero-order chi connectivity index (χ0) is 12.2. The molecular weight excluding hydrogens is 293 g/mol. The van der Waals surface area contributed by atoms with Crippen molar-refractivity contribution < 1.29 is 4.79 Å². The number of rotatable bonds is 5. The number of nitrogens with one attached hydrogen (secondary N) is 1. The van der Waals surface area contributed by atoms with Crippen LogP contribution in [-0.4, -0.2) is 17.4 Å². The third-order valence-corrected chi connectivity index (χ3v) is 3.45. The zero-order valence-corrected chi connectivity index (χ0v) is 13.3. The number of nitrogens with zero attached hydrogens (tertiary/aromatic N) is 1. The Morgan fingerprint density at radius 1 is 1.50 bits per heavy atom. The Hall–Kier alpha value is -0.360. The first kappa shape index (κ1) is 20.0. The highest BCUT2D eigenvalue weighted by molar-refractivity contribution is 7.11. The van der Waals surface area contributed by atoms with Crippen molar-refractivity contribution in [2.75, 3.05) is 6.54 Å². The Morgan fingerprint density at radius 2 is 2.11 bits per heavy atom. The molecule has 1 heterocycles. The van der Waals surface area contributed by atoms with E-state index < -0.39 is 5.54 Å². The second kappa shape index (κ2) is 8.69. The molecule has 0 bridgehead atoms. The largest absolute Gasteiger partial charge is 0.345 e. The molecule has 0 spiro atoms. The van der Waals surface area contributed by atoms with Crippen molar-refractivity contribution in [1.29, 1.82) is 0 Å². The van der Waals surface area contributed by atoms with E-state index in [0.717, 1.165) is 16.3 Å². The molecule has 1 rings (SSSR count). The van der Waals surface area contributed by atoms with E-state index >= 15 is 0 Å². The Bertz CT molecular complexity index is 369. The van der Waals surface area contributed by atoms with Gasteiger partial charge in [0, 0.05) is 17.5 Å². The first-order valence-corrected chi connectivity index (χ1v) is 6.21. The third-order valence-electron chi connectivity index (χ3n) is 2.22. The van der Waals surface area contributed by atoms with Crippen molar-refractivity contribution in [1.82, 2.24) is 10.3 Å². The number of aromatic nitrogens is 1. The van der Waals surface area contributed by atoms with Crippen LogP contribution in [-0.2, 0) is 10.3 Å². The quantitative estimate of drug-likeness (QED) is 0.877. The van der Waals surface area contributed by atoms with Crippen molar-refractivity contribution in [3.8, 4) is 0 Å². The predicted molar refractivity (Wildman–Crippen MR) is 80.8 cm³/mol. The second-order valence-corrected chi connectivity index (χ2v) is 5.58. The molecule has 1 aromatic heterocycles. The molecule has 0 aromatic carbocycles. The maximum absolute atomic E-state index is 11.6. The smallest absolute Gasteiger partial charge is 0.220 e. The van der Waals surface area contributed by atoms with Crippen LogP contribution in [0.5, 0.6) is 0 Å². The van der Waals surface area contributed by atoms with E-state index in [-0.39, 0.29) is 30.7 Å². The number of carbonyl (C=O) groups excluding carboxylic acids is 1. The van der Waals surface area contributed by atoms with E-state index in [0.29, 0.717) is 13.0 Å². The maximum Gasteiger partial charge on any atom is 0.220 e. The van der Waals surface area contributed by atoms with Gasteiger partial charge in [-0.2, -0.15) is 0 Å². The van der Waals surface area contributed by atoms with Crippen LogP contribution in [0, 0.1) is 6.92 Å². The average Bonchev–Trinajstić information content (AvgIpc) is 2.62. The molecule has 0 unspecified atom stereocenters. The SMILES string of the molecule is Cc1cnc(C(C)(C)NC(=O)CCCN)s1.Cl.Cl. The zero-order valence-electron chi connectivity index (χ0n) is 10.9. The number of thiazole rings is 1. The Morgan fingerprint density at radius 3 is 2.56 bits per heavy atom. The summed E-state index contributed by atoms with van der Waals surface area (Å²) < 4.78 is 0. The number of aryl methyl sites for hydroxylation is 1. The van der Waals surface area contributed by atoms with Gasteiger partial charge in [0.2, 0.25) is 5.91 Å². The summed E-state index contributed by atoms with van der Waals surface area (Å²) in [5.41, 5.74) is 4.97. The Balaban J connectivity index is 0. The molecule has 4 nitrogen and oxygen atoms in total. The molecule has 1 amide bonds. The second-order valence-electron chi connectivity index (χ2n) is 4.34. The van der Waals surface area contributed by atoms with Gasteiger partial charge in [-0.15, -0.1) is 36.2 Å². The van der Waals surface area contributed by atoms with Crippen molar-refractivity contribution >= 4 is 42.1 Å². The monoisotopic (exact) mass is 313 g/mol. The van der Waals surface area contributed by atoms with Crippen LogP contribution in [0.25, 0.3) is 0 Å². The number of amides is 1. The number of carbonyl (C=O) groups is 1. The maximum atomic E-state index is 11.6. The lowest BCUT2D eigenvalue weighted by Crippen LogP contribution is -2.40. The summed E-state index contributed by atoms with van der Waals surface area (Å²) >= 11 is 1.61. The van der Waals surface area contributed by atoms with Crippen LogP contribution in [0.3, 0.4) is 0 Å². The van der Waals surface area contributed by atoms with Gasteiger partial charge in [-0.25, -0.2) is 4.98 Å². The third kappa shape index (κ3) is 6.00. The summed E-state index contributed by atoms with van der Waals surface area (Å²) in [6, 6.07) is 0. The van der Waals surface area contributed by atoms with Crippen LogP contribution < -0.4 is 11.1 Å². The van der Waals surface area contributed by atoms with Gasteiger partial charge in [-0.1, -0.05) is 0 Å². The lowest BCUT2D eigenvalue weighted by Gasteiger charge is -2.23. The van der Waals surface area contributed by atoms with Gasteiger partial charge < -0.3 is 11.1 Å². The molecule has 3 N–H and O–H groups in total. The topological polar surface area (TPSA) is 68.0 Å². The van der Waals surface area contributed by atoms with Gasteiger partial charge in [0.25, 0.3) is 0 Å². The number of hydrogen-bond donors (Lipinski definition) is 2. The van der Waals surface area contributed by atoms with Crippen LogP contribution >= 0.6 is 36.2 Å².